The van der Waals surface area contributed by atoms with Gasteiger partial charge in [-0.3, -0.25) is 0 Å². The van der Waals surface area contributed by atoms with Crippen LogP contribution in [0.5, 0.6) is 0 Å². The fraction of sp³-hybridized carbons (Fsp3) is 0.304. The van der Waals surface area contributed by atoms with Crippen molar-refractivity contribution in [3.63, 3.8) is 0 Å². The van der Waals surface area contributed by atoms with Crippen LogP contribution < -0.4 is 0 Å². The van der Waals surface area contributed by atoms with E-state index in [2.05, 4.69) is 89.1 Å². The number of ether oxygens (including phenoxy) is 2. The van der Waals surface area contributed by atoms with Gasteiger partial charge in [-0.1, -0.05) is 72.5 Å². The van der Waals surface area contributed by atoms with Gasteiger partial charge in [0.05, 0.1) is 26.4 Å². The van der Waals surface area contributed by atoms with Crippen molar-refractivity contribution in [3.8, 4) is 19.7 Å². The molecule has 0 N–H and O–H groups in total. The molecule has 0 heterocycles. The van der Waals surface area contributed by atoms with E-state index in [1.165, 1.54) is 0 Å². The molecule has 0 aromatic heterocycles. The minimum atomic E-state index is -0.236. The summed E-state index contributed by atoms with van der Waals surface area (Å²) in [6.45, 7) is 2.29. The highest BCUT2D eigenvalue weighted by Gasteiger charge is 2.30. The smallest absolute Gasteiger partial charge is 0.0717 e. The van der Waals surface area contributed by atoms with Crippen LogP contribution >= 0.6 is 45.2 Å². The molecule has 0 bridgehead atoms. The number of rotatable bonds is 10. The maximum Gasteiger partial charge on any atom is 0.0717 e. The van der Waals surface area contributed by atoms with Gasteiger partial charge in [-0.05, 0) is 19.0 Å². The van der Waals surface area contributed by atoms with Crippen molar-refractivity contribution in [1.29, 1.82) is 0 Å². The molecule has 0 fully saturated rings. The monoisotopic (exact) mass is 584 g/mol. The average Bonchev–Trinajstić information content (AvgIpc) is 2.72. The highest BCUT2D eigenvalue weighted by molar-refractivity contribution is 14.1. The van der Waals surface area contributed by atoms with E-state index in [4.69, 9.17) is 9.47 Å². The first-order chi connectivity index (χ1) is 13.3. The molecule has 0 saturated heterocycles. The van der Waals surface area contributed by atoms with Gasteiger partial charge in [0.15, 0.2) is 0 Å². The van der Waals surface area contributed by atoms with Crippen molar-refractivity contribution >= 4 is 45.2 Å². The molecule has 0 saturated carbocycles. The second-order valence-electron chi connectivity index (χ2n) is 6.35. The van der Waals surface area contributed by atoms with Gasteiger partial charge in [0, 0.05) is 63.4 Å². The van der Waals surface area contributed by atoms with Crippen LogP contribution in [0.3, 0.4) is 0 Å². The lowest BCUT2D eigenvalue weighted by Gasteiger charge is -2.30. The molecule has 27 heavy (non-hydrogen) atoms. The van der Waals surface area contributed by atoms with Crippen LogP contribution in [-0.2, 0) is 22.7 Å². The molecule has 0 radical (unpaired) electrons. The Kier molecular flexibility index (Phi) is 10.8. The zero-order valence-electron chi connectivity index (χ0n) is 15.1. The first-order valence-electron chi connectivity index (χ1n) is 8.68. The largest absolute Gasteiger partial charge is 0.376 e. The Labute approximate surface area is 189 Å². The first-order valence-corrected chi connectivity index (χ1v) is 10.8. The molecule has 4 heteroatoms. The van der Waals surface area contributed by atoms with E-state index in [0.29, 0.717) is 39.3 Å². The summed E-state index contributed by atoms with van der Waals surface area (Å²) in [6.07, 6.45) is 1.40. The van der Waals surface area contributed by atoms with Crippen LogP contribution in [0.1, 0.15) is 24.0 Å². The van der Waals surface area contributed by atoms with Crippen LogP contribution in [0.2, 0.25) is 0 Å². The Morgan fingerprint density at radius 1 is 0.667 bits per heavy atom. The predicted molar refractivity (Wildman–Crippen MR) is 127 cm³/mol. The summed E-state index contributed by atoms with van der Waals surface area (Å²) in [5.74, 6) is 6.40. The van der Waals surface area contributed by atoms with Crippen LogP contribution in [0.25, 0.3) is 0 Å². The lowest BCUT2D eigenvalue weighted by atomic mass is 9.83. The molecular weight excluding hydrogens is 562 g/mol. The second-order valence-corrected chi connectivity index (χ2v) is 7.43. The molecule has 0 aliphatic rings. The molecule has 0 amide bonds. The summed E-state index contributed by atoms with van der Waals surface area (Å²) in [7, 11) is 0. The van der Waals surface area contributed by atoms with Crippen molar-refractivity contribution in [2.45, 2.75) is 26.1 Å². The Hall–Kier alpha value is -1.06. The molecule has 0 aliphatic carbocycles. The number of halogens is 2. The second kappa shape index (κ2) is 13.2. The summed E-state index contributed by atoms with van der Waals surface area (Å²) < 4.78 is 18.1. The molecular formula is C23H22I2O2. The maximum absolute atomic E-state index is 6.06. The zero-order chi connectivity index (χ0) is 19.2. The summed E-state index contributed by atoms with van der Waals surface area (Å²) in [5.41, 5.74) is 2.09. The lowest BCUT2D eigenvalue weighted by Crippen LogP contribution is -2.32. The minimum Gasteiger partial charge on any atom is -0.376 e. The maximum atomic E-state index is 6.06. The number of benzene rings is 2. The van der Waals surface area contributed by atoms with Gasteiger partial charge >= 0.3 is 0 Å². The highest BCUT2D eigenvalue weighted by atomic mass is 127. The Morgan fingerprint density at radius 2 is 1.07 bits per heavy atom. The van der Waals surface area contributed by atoms with Crippen LogP contribution in [-0.4, -0.2) is 13.2 Å². The van der Waals surface area contributed by atoms with Gasteiger partial charge in [-0.2, -0.15) is 0 Å². The highest BCUT2D eigenvalue weighted by Crippen LogP contribution is 2.28. The van der Waals surface area contributed by atoms with Crippen LogP contribution in [0.4, 0.5) is 0 Å². The fourth-order valence-corrected chi connectivity index (χ4v) is 3.05. The standard InChI is InChI=1S/C23H22I2O2/c24-15-7-13-23(14-8-16-25,19-26-17-21-9-3-1-4-10-21)20-27-18-22-11-5-2-6-12-22/h1-6,9-12H,13-14,17-20H2. The Morgan fingerprint density at radius 3 is 1.44 bits per heavy atom. The predicted octanol–water partition coefficient (Wildman–Crippen LogP) is 5.98. The molecule has 0 aliphatic heterocycles. The van der Waals surface area contributed by atoms with E-state index in [1.54, 1.807) is 0 Å². The molecule has 0 unspecified atom stereocenters. The molecule has 0 atom stereocenters. The average molecular weight is 584 g/mol. The number of hydrogen-bond acceptors (Lipinski definition) is 2. The minimum absolute atomic E-state index is 0.236. The summed E-state index contributed by atoms with van der Waals surface area (Å²) in [4.78, 5) is 0. The lowest BCUT2D eigenvalue weighted by molar-refractivity contribution is -0.0283. The van der Waals surface area contributed by atoms with Gasteiger partial charge < -0.3 is 9.47 Å². The van der Waals surface area contributed by atoms with E-state index in [-0.39, 0.29) is 5.41 Å². The third-order valence-corrected chi connectivity index (χ3v) is 4.86. The van der Waals surface area contributed by atoms with Gasteiger partial charge in [0.2, 0.25) is 0 Å². The van der Waals surface area contributed by atoms with Crippen molar-refractivity contribution in [1.82, 2.24) is 0 Å². The van der Waals surface area contributed by atoms with E-state index in [9.17, 15) is 0 Å². The Balaban J connectivity index is 2.01. The van der Waals surface area contributed by atoms with E-state index in [1.807, 2.05) is 36.4 Å². The van der Waals surface area contributed by atoms with E-state index in [0.717, 1.165) is 11.1 Å². The van der Waals surface area contributed by atoms with Crippen LogP contribution in [0.15, 0.2) is 60.7 Å². The van der Waals surface area contributed by atoms with Crippen molar-refractivity contribution in [3.05, 3.63) is 71.8 Å². The Bertz CT molecular complexity index is 714. The summed E-state index contributed by atoms with van der Waals surface area (Å²) in [6, 6.07) is 20.4. The molecule has 2 aromatic carbocycles. The summed E-state index contributed by atoms with van der Waals surface area (Å²) in [5, 5.41) is 0. The van der Waals surface area contributed by atoms with Gasteiger partial charge in [-0.25, -0.2) is 0 Å². The zero-order valence-corrected chi connectivity index (χ0v) is 19.4. The van der Waals surface area contributed by atoms with Gasteiger partial charge in [0.1, 0.15) is 0 Å². The quantitative estimate of drug-likeness (QED) is 0.253. The number of hydrogen-bond donors (Lipinski definition) is 0. The molecule has 2 aromatic rings. The molecule has 0 spiro atoms. The molecule has 2 rings (SSSR count). The van der Waals surface area contributed by atoms with E-state index < -0.39 is 0 Å². The topological polar surface area (TPSA) is 18.5 Å². The third-order valence-electron chi connectivity index (χ3n) is 4.10. The van der Waals surface area contributed by atoms with Crippen molar-refractivity contribution in [2.75, 3.05) is 13.2 Å². The van der Waals surface area contributed by atoms with Gasteiger partial charge in [-0.15, -0.1) is 0 Å². The molecule has 140 valence electrons. The van der Waals surface area contributed by atoms with Crippen LogP contribution in [0, 0.1) is 25.1 Å². The first kappa shape index (κ1) is 22.2. The van der Waals surface area contributed by atoms with Gasteiger partial charge in [0.25, 0.3) is 0 Å². The van der Waals surface area contributed by atoms with Crippen molar-refractivity contribution in [2.24, 2.45) is 5.41 Å². The third kappa shape index (κ3) is 8.66. The van der Waals surface area contributed by atoms with Crippen molar-refractivity contribution < 1.29 is 9.47 Å². The normalized spacial score (nSPS) is 10.4. The summed E-state index contributed by atoms with van der Waals surface area (Å²) >= 11 is 4.16. The fourth-order valence-electron chi connectivity index (χ4n) is 2.67. The molecule has 2 nitrogen and oxygen atoms in total. The van der Waals surface area contributed by atoms with E-state index >= 15 is 0 Å². The SMILES string of the molecule is IC#CCC(CC#CI)(COCc1ccccc1)COCc1ccccc1.